The van der Waals surface area contributed by atoms with Gasteiger partial charge in [0.15, 0.2) is 11.5 Å². The highest BCUT2D eigenvalue weighted by Crippen LogP contribution is 2.37. The number of aromatic nitrogens is 1. The third kappa shape index (κ3) is 4.55. The van der Waals surface area contributed by atoms with Crippen LogP contribution in [-0.4, -0.2) is 18.2 Å². The Morgan fingerprint density at radius 3 is 2.43 bits per heavy atom. The minimum Gasteiger partial charge on any atom is -0.490 e. The highest BCUT2D eigenvalue weighted by molar-refractivity contribution is 9.10. The zero-order valence-electron chi connectivity index (χ0n) is 16.0. The fourth-order valence-electron chi connectivity index (χ4n) is 2.78. The second kappa shape index (κ2) is 9.43. The molecule has 1 aromatic heterocycles. The molecular weight excluding hydrogens is 418 g/mol. The molecule has 5 nitrogen and oxygen atoms in total. The number of rotatable bonds is 8. The predicted molar refractivity (Wildman–Crippen MR) is 115 cm³/mol. The maximum absolute atomic E-state index is 9.60. The molecule has 0 fully saturated rings. The molecule has 0 aliphatic carbocycles. The molecule has 28 heavy (non-hydrogen) atoms. The van der Waals surface area contributed by atoms with Crippen molar-refractivity contribution in [3.8, 4) is 17.6 Å². The lowest BCUT2D eigenvalue weighted by Crippen LogP contribution is -2.03. The molecular formula is C22H22BrN3O2. The fraction of sp³-hybridized carbons (Fsp3) is 0.273. The van der Waals surface area contributed by atoms with E-state index in [4.69, 9.17) is 9.47 Å². The summed E-state index contributed by atoms with van der Waals surface area (Å²) in [6.45, 7) is 5.31. The molecule has 0 amide bonds. The van der Waals surface area contributed by atoms with Crippen molar-refractivity contribution < 1.29 is 9.47 Å². The van der Waals surface area contributed by atoms with E-state index in [-0.39, 0.29) is 0 Å². The van der Waals surface area contributed by atoms with E-state index in [1.807, 2.05) is 36.4 Å². The third-order valence-corrected chi connectivity index (χ3v) is 4.56. The van der Waals surface area contributed by atoms with Gasteiger partial charge >= 0.3 is 0 Å². The molecule has 0 aliphatic rings. The molecule has 0 radical (unpaired) electrons. The lowest BCUT2D eigenvalue weighted by atomic mass is 10.1. The van der Waals surface area contributed by atoms with Crippen molar-refractivity contribution in [1.29, 1.82) is 5.26 Å². The van der Waals surface area contributed by atoms with Crippen LogP contribution in [0.25, 0.3) is 10.9 Å². The summed E-state index contributed by atoms with van der Waals surface area (Å²) in [7, 11) is 0. The molecule has 0 saturated heterocycles. The highest BCUT2D eigenvalue weighted by atomic mass is 79.9. The summed E-state index contributed by atoms with van der Waals surface area (Å²) in [6.07, 6.45) is 3.38. The number of benzene rings is 2. The van der Waals surface area contributed by atoms with Crippen molar-refractivity contribution in [3.05, 3.63) is 52.6 Å². The first-order chi connectivity index (χ1) is 13.7. The number of nitriles is 1. The summed E-state index contributed by atoms with van der Waals surface area (Å²) in [4.78, 5) is 4.45. The molecule has 0 atom stereocenters. The Labute approximate surface area is 173 Å². The topological polar surface area (TPSA) is 67.2 Å². The third-order valence-electron chi connectivity index (χ3n) is 4.07. The van der Waals surface area contributed by atoms with E-state index in [2.05, 4.69) is 46.1 Å². The second-order valence-electron chi connectivity index (χ2n) is 6.31. The van der Waals surface area contributed by atoms with E-state index in [1.165, 1.54) is 0 Å². The van der Waals surface area contributed by atoms with Crippen LogP contribution in [0.15, 0.2) is 47.1 Å². The molecule has 144 valence electrons. The van der Waals surface area contributed by atoms with Crippen molar-refractivity contribution in [2.45, 2.75) is 26.7 Å². The van der Waals surface area contributed by atoms with Gasteiger partial charge in [-0.25, -0.2) is 0 Å². The number of hydrogen-bond donors (Lipinski definition) is 1. The van der Waals surface area contributed by atoms with Gasteiger partial charge in [-0.15, -0.1) is 0 Å². The van der Waals surface area contributed by atoms with Gasteiger partial charge < -0.3 is 14.8 Å². The SMILES string of the molecule is CCCOc1cc2ncc(C#N)c(Nc3cccc(Br)c3)c2cc1OCCC. The molecule has 6 heteroatoms. The molecule has 0 saturated carbocycles. The van der Waals surface area contributed by atoms with Crippen molar-refractivity contribution in [3.63, 3.8) is 0 Å². The summed E-state index contributed by atoms with van der Waals surface area (Å²) >= 11 is 3.48. The quantitative estimate of drug-likeness (QED) is 0.452. The van der Waals surface area contributed by atoms with Crippen LogP contribution in [0.5, 0.6) is 11.5 Å². The van der Waals surface area contributed by atoms with E-state index >= 15 is 0 Å². The molecule has 3 rings (SSSR count). The largest absolute Gasteiger partial charge is 0.490 e. The maximum atomic E-state index is 9.60. The number of hydrogen-bond acceptors (Lipinski definition) is 5. The molecule has 3 aromatic rings. The summed E-state index contributed by atoms with van der Waals surface area (Å²) < 4.78 is 12.7. The van der Waals surface area contributed by atoms with E-state index in [0.29, 0.717) is 36.0 Å². The zero-order valence-corrected chi connectivity index (χ0v) is 17.5. The Morgan fingerprint density at radius 1 is 1.07 bits per heavy atom. The Balaban J connectivity index is 2.13. The van der Waals surface area contributed by atoms with Gasteiger partial charge in [-0.3, -0.25) is 4.98 Å². The minimum absolute atomic E-state index is 0.469. The van der Waals surface area contributed by atoms with E-state index < -0.39 is 0 Å². The van der Waals surface area contributed by atoms with Crippen LogP contribution in [0.4, 0.5) is 11.4 Å². The molecule has 1 heterocycles. The van der Waals surface area contributed by atoms with Crippen LogP contribution in [0.1, 0.15) is 32.3 Å². The molecule has 1 N–H and O–H groups in total. The summed E-state index contributed by atoms with van der Waals surface area (Å²) in [5.41, 5.74) is 2.79. The standard InChI is InChI=1S/C22H22BrN3O2/c1-3-8-27-20-11-18-19(12-21(20)28-9-4-2)25-14-15(13-24)22(18)26-17-7-5-6-16(23)10-17/h5-7,10-12,14H,3-4,8-9H2,1-2H3,(H,25,26). The van der Waals surface area contributed by atoms with Crippen LogP contribution in [-0.2, 0) is 0 Å². The number of fused-ring (bicyclic) bond motifs is 1. The fourth-order valence-corrected chi connectivity index (χ4v) is 3.18. The lowest BCUT2D eigenvalue weighted by molar-refractivity contribution is 0.269. The van der Waals surface area contributed by atoms with Crippen LogP contribution in [0.2, 0.25) is 0 Å². The van der Waals surface area contributed by atoms with Crippen LogP contribution in [0, 0.1) is 11.3 Å². The molecule has 0 aliphatic heterocycles. The number of anilines is 2. The Morgan fingerprint density at radius 2 is 1.79 bits per heavy atom. The van der Waals surface area contributed by atoms with Crippen molar-refractivity contribution in [2.24, 2.45) is 0 Å². The number of nitrogens with zero attached hydrogens (tertiary/aromatic N) is 2. The van der Waals surface area contributed by atoms with Gasteiger partial charge in [-0.1, -0.05) is 35.8 Å². The van der Waals surface area contributed by atoms with E-state index in [0.717, 1.165) is 33.9 Å². The van der Waals surface area contributed by atoms with Crippen LogP contribution >= 0.6 is 15.9 Å². The molecule has 0 bridgehead atoms. The molecule has 2 aromatic carbocycles. The number of pyridine rings is 1. The van der Waals surface area contributed by atoms with Crippen LogP contribution < -0.4 is 14.8 Å². The first-order valence-corrected chi connectivity index (χ1v) is 10.1. The molecule has 0 spiro atoms. The van der Waals surface area contributed by atoms with Gasteiger partial charge in [0.25, 0.3) is 0 Å². The molecule has 0 unspecified atom stereocenters. The Kier molecular flexibility index (Phi) is 6.72. The van der Waals surface area contributed by atoms with Gasteiger partial charge in [0.2, 0.25) is 0 Å². The first-order valence-electron chi connectivity index (χ1n) is 9.31. The smallest absolute Gasteiger partial charge is 0.163 e. The highest BCUT2D eigenvalue weighted by Gasteiger charge is 2.15. The Bertz CT molecular complexity index is 1010. The summed E-state index contributed by atoms with van der Waals surface area (Å²) in [5.74, 6) is 1.34. The normalized spacial score (nSPS) is 10.5. The maximum Gasteiger partial charge on any atom is 0.163 e. The summed E-state index contributed by atoms with van der Waals surface area (Å²) in [5, 5.41) is 13.8. The van der Waals surface area contributed by atoms with E-state index in [9.17, 15) is 5.26 Å². The lowest BCUT2D eigenvalue weighted by Gasteiger charge is -2.16. The van der Waals surface area contributed by atoms with Gasteiger partial charge in [-0.05, 0) is 37.1 Å². The van der Waals surface area contributed by atoms with Crippen molar-refractivity contribution in [2.75, 3.05) is 18.5 Å². The van der Waals surface area contributed by atoms with Gasteiger partial charge in [-0.2, -0.15) is 5.26 Å². The van der Waals surface area contributed by atoms with Gasteiger partial charge in [0.1, 0.15) is 6.07 Å². The predicted octanol–water partition coefficient (Wildman–Crippen LogP) is 6.19. The van der Waals surface area contributed by atoms with Gasteiger partial charge in [0.05, 0.1) is 30.0 Å². The number of halogens is 1. The van der Waals surface area contributed by atoms with E-state index in [1.54, 1.807) is 6.20 Å². The van der Waals surface area contributed by atoms with Crippen LogP contribution in [0.3, 0.4) is 0 Å². The van der Waals surface area contributed by atoms with Crippen molar-refractivity contribution >= 4 is 38.2 Å². The summed E-state index contributed by atoms with van der Waals surface area (Å²) in [6, 6.07) is 13.8. The number of ether oxygens (including phenoxy) is 2. The van der Waals surface area contributed by atoms with Crippen molar-refractivity contribution in [1.82, 2.24) is 4.98 Å². The number of nitrogens with one attached hydrogen (secondary N) is 1. The minimum atomic E-state index is 0.469. The Hall–Kier alpha value is -2.78. The zero-order chi connectivity index (χ0) is 19.9. The average Bonchev–Trinajstić information content (AvgIpc) is 2.70. The average molecular weight is 440 g/mol. The first kappa shape index (κ1) is 20.0. The second-order valence-corrected chi connectivity index (χ2v) is 7.22. The monoisotopic (exact) mass is 439 g/mol. The van der Waals surface area contributed by atoms with Gasteiger partial charge in [0, 0.05) is 27.8 Å².